The van der Waals surface area contributed by atoms with Crippen LogP contribution >= 0.6 is 12.2 Å². The SMILES string of the molecule is CC(C)S(=O)(=O)Nc1ccc(C=Cc2ccc(NC(=S)NC3CC3)cc2S(=O)(=O)O)c(S(=O)(=O)O)c1. The molecule has 36 heavy (non-hydrogen) atoms. The fourth-order valence-corrected chi connectivity index (χ4v) is 5.37. The van der Waals surface area contributed by atoms with Gasteiger partial charge in [-0.2, -0.15) is 16.8 Å². The maximum Gasteiger partial charge on any atom is 0.295 e. The van der Waals surface area contributed by atoms with Gasteiger partial charge in [-0.15, -0.1) is 0 Å². The number of sulfonamides is 1. The molecule has 0 aromatic heterocycles. The van der Waals surface area contributed by atoms with Crippen molar-refractivity contribution in [3.05, 3.63) is 47.5 Å². The van der Waals surface area contributed by atoms with E-state index in [1.54, 1.807) is 0 Å². The Kier molecular flexibility index (Phi) is 8.12. The summed E-state index contributed by atoms with van der Waals surface area (Å²) in [6.45, 7) is 2.88. The number of thiocarbonyl (C=S) groups is 1. The number of anilines is 2. The molecule has 0 aliphatic heterocycles. The molecule has 1 aliphatic rings. The van der Waals surface area contributed by atoms with Crippen molar-refractivity contribution in [1.82, 2.24) is 5.32 Å². The van der Waals surface area contributed by atoms with Crippen molar-refractivity contribution in [2.75, 3.05) is 10.0 Å². The number of hydrogen-bond donors (Lipinski definition) is 5. The molecular weight excluding hydrogens is 551 g/mol. The van der Waals surface area contributed by atoms with Gasteiger partial charge in [0.05, 0.1) is 5.25 Å². The molecular formula is C21H25N3O8S4. The van der Waals surface area contributed by atoms with Gasteiger partial charge in [-0.25, -0.2) is 8.42 Å². The maximum atomic E-state index is 12.1. The summed E-state index contributed by atoms with van der Waals surface area (Å²) >= 11 is 5.17. The van der Waals surface area contributed by atoms with Gasteiger partial charge in [-0.1, -0.05) is 24.3 Å². The topological polar surface area (TPSA) is 179 Å². The third kappa shape index (κ3) is 7.47. The third-order valence-electron chi connectivity index (χ3n) is 5.08. The molecule has 0 radical (unpaired) electrons. The highest BCUT2D eigenvalue weighted by Gasteiger charge is 2.23. The molecule has 0 heterocycles. The predicted octanol–water partition coefficient (Wildman–Crippen LogP) is 2.95. The lowest BCUT2D eigenvalue weighted by atomic mass is 10.1. The zero-order valence-electron chi connectivity index (χ0n) is 19.2. The minimum Gasteiger partial charge on any atom is -0.360 e. The van der Waals surface area contributed by atoms with Gasteiger partial charge < -0.3 is 10.6 Å². The molecule has 196 valence electrons. The molecule has 0 unspecified atom stereocenters. The summed E-state index contributed by atoms with van der Waals surface area (Å²) in [7, 11) is -13.2. The lowest BCUT2D eigenvalue weighted by Gasteiger charge is -2.13. The first kappa shape index (κ1) is 28.0. The van der Waals surface area contributed by atoms with E-state index >= 15 is 0 Å². The maximum absolute atomic E-state index is 12.1. The number of rotatable bonds is 9. The average molecular weight is 576 g/mol. The van der Waals surface area contributed by atoms with Gasteiger partial charge in [0.2, 0.25) is 10.0 Å². The van der Waals surface area contributed by atoms with Crippen LogP contribution in [0.2, 0.25) is 0 Å². The molecule has 5 N–H and O–H groups in total. The summed E-state index contributed by atoms with van der Waals surface area (Å²) in [5.41, 5.74) is 0.190. The second-order valence-electron chi connectivity index (χ2n) is 8.36. The molecule has 1 fully saturated rings. The zero-order valence-corrected chi connectivity index (χ0v) is 22.4. The molecule has 0 spiro atoms. The Morgan fingerprint density at radius 3 is 1.81 bits per heavy atom. The first-order chi connectivity index (χ1) is 16.6. The van der Waals surface area contributed by atoms with Crippen molar-refractivity contribution in [2.24, 2.45) is 0 Å². The van der Waals surface area contributed by atoms with Crippen LogP contribution < -0.4 is 15.4 Å². The van der Waals surface area contributed by atoms with Gasteiger partial charge in [0, 0.05) is 17.4 Å². The monoisotopic (exact) mass is 575 g/mol. The van der Waals surface area contributed by atoms with E-state index in [-0.39, 0.29) is 22.9 Å². The highest BCUT2D eigenvalue weighted by molar-refractivity contribution is 7.93. The molecule has 0 bridgehead atoms. The summed E-state index contributed by atoms with van der Waals surface area (Å²) in [6, 6.07) is 7.81. The molecule has 11 nitrogen and oxygen atoms in total. The Morgan fingerprint density at radius 1 is 0.889 bits per heavy atom. The van der Waals surface area contributed by atoms with Crippen molar-refractivity contribution in [2.45, 2.75) is 47.8 Å². The summed E-state index contributed by atoms with van der Waals surface area (Å²) in [4.78, 5) is -1.07. The predicted molar refractivity (Wildman–Crippen MR) is 141 cm³/mol. The quantitative estimate of drug-likeness (QED) is 0.169. The van der Waals surface area contributed by atoms with E-state index in [0.29, 0.717) is 10.8 Å². The molecule has 1 saturated carbocycles. The average Bonchev–Trinajstić information content (AvgIpc) is 3.55. The standard InChI is InChI=1S/C21H25N3O8S4/c1-13(2)34(25,26)24-18-8-6-15(20(12-18)36(30,31)32)4-3-14-5-7-17(11-19(14)35(27,28)29)23-21(33)22-16-9-10-16/h3-8,11-13,16,24H,9-10H2,1-2H3,(H2,22,23,33)(H,27,28,29)(H,30,31,32). The largest absolute Gasteiger partial charge is 0.360 e. The van der Waals surface area contributed by atoms with Crippen LogP contribution in [-0.4, -0.2) is 50.8 Å². The fourth-order valence-electron chi connectivity index (χ4n) is 2.97. The van der Waals surface area contributed by atoms with E-state index in [2.05, 4.69) is 15.4 Å². The van der Waals surface area contributed by atoms with Crippen LogP contribution in [0.5, 0.6) is 0 Å². The van der Waals surface area contributed by atoms with Gasteiger partial charge in [0.1, 0.15) is 9.79 Å². The van der Waals surface area contributed by atoms with Crippen molar-refractivity contribution < 1.29 is 34.4 Å². The highest BCUT2D eigenvalue weighted by atomic mass is 32.2. The van der Waals surface area contributed by atoms with E-state index < -0.39 is 45.3 Å². The van der Waals surface area contributed by atoms with Gasteiger partial charge in [0.15, 0.2) is 5.11 Å². The number of nitrogens with one attached hydrogen (secondary N) is 3. The van der Waals surface area contributed by atoms with E-state index in [9.17, 15) is 34.4 Å². The number of hydrogen-bond acceptors (Lipinski definition) is 7. The van der Waals surface area contributed by atoms with E-state index in [0.717, 1.165) is 18.9 Å². The van der Waals surface area contributed by atoms with E-state index in [1.165, 1.54) is 56.3 Å². The minimum absolute atomic E-state index is 0.0231. The minimum atomic E-state index is -4.78. The molecule has 3 rings (SSSR count). The lowest BCUT2D eigenvalue weighted by Crippen LogP contribution is -2.30. The molecule has 0 saturated heterocycles. The highest BCUT2D eigenvalue weighted by Crippen LogP contribution is 2.27. The normalized spacial score (nSPS) is 14.7. The first-order valence-electron chi connectivity index (χ1n) is 10.6. The van der Waals surface area contributed by atoms with Gasteiger partial charge in [-0.3, -0.25) is 13.8 Å². The van der Waals surface area contributed by atoms with Gasteiger partial charge in [-0.05, 0) is 74.3 Å². The van der Waals surface area contributed by atoms with Crippen LogP contribution in [0, 0.1) is 0 Å². The van der Waals surface area contributed by atoms with E-state index in [1.807, 2.05) is 0 Å². The molecule has 0 amide bonds. The van der Waals surface area contributed by atoms with Crippen molar-refractivity contribution in [1.29, 1.82) is 0 Å². The van der Waals surface area contributed by atoms with Crippen LogP contribution in [-0.2, 0) is 30.3 Å². The summed E-state index contributed by atoms with van der Waals surface area (Å²) in [5.74, 6) is 0. The van der Waals surface area contributed by atoms with Crippen molar-refractivity contribution in [3.63, 3.8) is 0 Å². The Balaban J connectivity index is 1.96. The molecule has 0 atom stereocenters. The summed E-state index contributed by atoms with van der Waals surface area (Å²) in [5, 5.41) is 5.39. The summed E-state index contributed by atoms with van der Waals surface area (Å²) in [6.07, 6.45) is 4.41. The Labute approximate surface area is 215 Å². The first-order valence-corrected chi connectivity index (χ1v) is 15.4. The fraction of sp³-hybridized carbons (Fsp3) is 0.286. The van der Waals surface area contributed by atoms with Gasteiger partial charge >= 0.3 is 0 Å². The van der Waals surface area contributed by atoms with Crippen molar-refractivity contribution in [3.8, 4) is 0 Å². The van der Waals surface area contributed by atoms with Crippen LogP contribution in [0.3, 0.4) is 0 Å². The smallest absolute Gasteiger partial charge is 0.295 e. The molecule has 15 heteroatoms. The van der Waals surface area contributed by atoms with Crippen LogP contribution in [0.4, 0.5) is 11.4 Å². The zero-order chi connectivity index (χ0) is 26.9. The second kappa shape index (κ2) is 10.4. The molecule has 2 aromatic carbocycles. The molecule has 2 aromatic rings. The lowest BCUT2D eigenvalue weighted by molar-refractivity contribution is 0.480. The summed E-state index contributed by atoms with van der Waals surface area (Å²) < 4.78 is 93.7. The van der Waals surface area contributed by atoms with Gasteiger partial charge in [0.25, 0.3) is 20.2 Å². The second-order valence-corrected chi connectivity index (χ2v) is 13.8. The van der Waals surface area contributed by atoms with Crippen LogP contribution in [0.15, 0.2) is 46.2 Å². The Morgan fingerprint density at radius 2 is 1.36 bits per heavy atom. The Hall–Kier alpha value is -2.56. The van der Waals surface area contributed by atoms with Crippen LogP contribution in [0.25, 0.3) is 12.2 Å². The van der Waals surface area contributed by atoms with Crippen molar-refractivity contribution >= 4 is 71.1 Å². The van der Waals surface area contributed by atoms with E-state index in [4.69, 9.17) is 12.2 Å². The Bertz CT molecular complexity index is 1530. The van der Waals surface area contributed by atoms with Crippen LogP contribution in [0.1, 0.15) is 37.8 Å². The molecule has 1 aliphatic carbocycles. The third-order valence-corrected chi connectivity index (χ3v) is 8.88. The number of benzene rings is 2.